The molecule has 0 atom stereocenters. The second-order valence-electron chi connectivity index (χ2n) is 4.84. The van der Waals surface area contributed by atoms with Gasteiger partial charge >= 0.3 is 0 Å². The van der Waals surface area contributed by atoms with Crippen LogP contribution >= 0.6 is 0 Å². The van der Waals surface area contributed by atoms with Crippen LogP contribution in [0.25, 0.3) is 0 Å². The Morgan fingerprint density at radius 1 is 1.17 bits per heavy atom. The van der Waals surface area contributed by atoms with Crippen molar-refractivity contribution in [2.75, 3.05) is 10.8 Å². The predicted octanol–water partition coefficient (Wildman–Crippen LogP) is 1.32. The first-order chi connectivity index (χ1) is 10.9. The zero-order valence-electron chi connectivity index (χ0n) is 12.4. The first-order valence-corrected chi connectivity index (χ1v) is 8.13. The van der Waals surface area contributed by atoms with Crippen LogP contribution < -0.4 is 15.6 Å². The summed E-state index contributed by atoms with van der Waals surface area (Å²) in [6.07, 6.45) is 0. The van der Waals surface area contributed by atoms with E-state index in [0.717, 1.165) is 11.6 Å². The van der Waals surface area contributed by atoms with Crippen LogP contribution in [-0.4, -0.2) is 20.9 Å². The predicted molar refractivity (Wildman–Crippen MR) is 84.4 cm³/mol. The molecule has 2 rings (SSSR count). The number of hydrazine groups is 1. The van der Waals surface area contributed by atoms with Gasteiger partial charge in [0.25, 0.3) is 15.9 Å². The lowest BCUT2D eigenvalue weighted by Crippen LogP contribution is -2.43. The number of rotatable bonds is 5. The maximum Gasteiger partial charge on any atom is 0.264 e. The number of nitrogens with two attached hydrogens (primary N) is 1. The molecule has 0 unspecified atom stereocenters. The van der Waals surface area contributed by atoms with Crippen molar-refractivity contribution in [1.29, 1.82) is 0 Å². The Kier molecular flexibility index (Phi) is 4.97. The van der Waals surface area contributed by atoms with E-state index in [9.17, 15) is 17.6 Å². The first-order valence-electron chi connectivity index (χ1n) is 6.69. The highest BCUT2D eigenvalue weighted by molar-refractivity contribution is 7.92. The highest BCUT2D eigenvalue weighted by atomic mass is 32.2. The summed E-state index contributed by atoms with van der Waals surface area (Å²) in [5, 5.41) is 0. The Labute approximate surface area is 133 Å². The summed E-state index contributed by atoms with van der Waals surface area (Å²) in [7, 11) is -4.12. The van der Waals surface area contributed by atoms with E-state index in [1.54, 1.807) is 12.1 Å². The Balaban J connectivity index is 2.54. The van der Waals surface area contributed by atoms with Crippen LogP contribution in [0.1, 0.15) is 5.56 Å². The average molecular weight is 337 g/mol. The van der Waals surface area contributed by atoms with Gasteiger partial charge in [-0.2, -0.15) is 0 Å². The third-order valence-electron chi connectivity index (χ3n) is 3.18. The minimum atomic E-state index is -4.12. The van der Waals surface area contributed by atoms with Crippen LogP contribution in [0, 0.1) is 12.7 Å². The summed E-state index contributed by atoms with van der Waals surface area (Å²) < 4.78 is 40.3. The van der Waals surface area contributed by atoms with Gasteiger partial charge in [-0.1, -0.05) is 29.8 Å². The molecule has 0 fully saturated rings. The van der Waals surface area contributed by atoms with Crippen molar-refractivity contribution in [3.05, 3.63) is 59.9 Å². The summed E-state index contributed by atoms with van der Waals surface area (Å²) in [6.45, 7) is 1.18. The molecule has 122 valence electrons. The average Bonchev–Trinajstić information content (AvgIpc) is 2.53. The molecule has 0 aliphatic carbocycles. The Morgan fingerprint density at radius 2 is 1.78 bits per heavy atom. The molecule has 2 aromatic rings. The number of nitrogens with one attached hydrogen (secondary N) is 1. The number of para-hydroxylation sites is 1. The molecule has 2 aromatic carbocycles. The largest absolute Gasteiger partial charge is 0.293 e. The highest BCUT2D eigenvalue weighted by Crippen LogP contribution is 2.26. The molecule has 3 N–H and O–H groups in total. The maximum absolute atomic E-state index is 14.0. The molecule has 0 aromatic heterocycles. The van der Waals surface area contributed by atoms with E-state index in [1.165, 1.54) is 30.3 Å². The van der Waals surface area contributed by atoms with Gasteiger partial charge < -0.3 is 0 Å². The van der Waals surface area contributed by atoms with Crippen LogP contribution in [-0.2, 0) is 14.8 Å². The van der Waals surface area contributed by atoms with Gasteiger partial charge in [-0.3, -0.25) is 14.5 Å². The summed E-state index contributed by atoms with van der Waals surface area (Å²) in [4.78, 5) is 11.5. The standard InChI is InChI=1S/C15H16FN3O3S/c1-11-6-8-12(9-7-11)23(21,22)19(10-15(20)18-17)14-5-3-2-4-13(14)16/h2-9H,10,17H2,1H3,(H,18,20). The fraction of sp³-hybridized carbons (Fsp3) is 0.133. The number of carbonyl (C=O) groups is 1. The number of hydrogen-bond donors (Lipinski definition) is 2. The number of nitrogens with zero attached hydrogens (tertiary/aromatic N) is 1. The lowest BCUT2D eigenvalue weighted by molar-refractivity contribution is -0.119. The van der Waals surface area contributed by atoms with Crippen molar-refractivity contribution < 1.29 is 17.6 Å². The van der Waals surface area contributed by atoms with Crippen LogP contribution in [0.2, 0.25) is 0 Å². The topological polar surface area (TPSA) is 92.5 Å². The summed E-state index contributed by atoms with van der Waals surface area (Å²) in [6, 6.07) is 11.4. The van der Waals surface area contributed by atoms with Gasteiger partial charge in [0.05, 0.1) is 10.6 Å². The molecule has 0 aliphatic heterocycles. The van der Waals surface area contributed by atoms with Gasteiger partial charge in [-0.05, 0) is 31.2 Å². The molecule has 8 heteroatoms. The molecule has 6 nitrogen and oxygen atoms in total. The molecular formula is C15H16FN3O3S. The normalized spacial score (nSPS) is 11.1. The van der Waals surface area contributed by atoms with Gasteiger partial charge in [0.2, 0.25) is 0 Å². The van der Waals surface area contributed by atoms with Gasteiger partial charge in [0, 0.05) is 0 Å². The smallest absolute Gasteiger partial charge is 0.264 e. The van der Waals surface area contributed by atoms with Crippen molar-refractivity contribution in [1.82, 2.24) is 5.43 Å². The number of carbonyl (C=O) groups excluding carboxylic acids is 1. The van der Waals surface area contributed by atoms with Gasteiger partial charge in [0.15, 0.2) is 0 Å². The number of sulfonamides is 1. The quantitative estimate of drug-likeness (QED) is 0.489. The molecular weight excluding hydrogens is 321 g/mol. The van der Waals surface area contributed by atoms with Crippen molar-refractivity contribution in [2.24, 2.45) is 5.84 Å². The van der Waals surface area contributed by atoms with Crippen molar-refractivity contribution in [3.8, 4) is 0 Å². The summed E-state index contributed by atoms with van der Waals surface area (Å²) >= 11 is 0. The first kappa shape index (κ1) is 16.9. The molecule has 0 bridgehead atoms. The Hall–Kier alpha value is -2.45. The van der Waals surface area contributed by atoms with Crippen LogP contribution in [0.15, 0.2) is 53.4 Å². The Morgan fingerprint density at radius 3 is 2.35 bits per heavy atom. The fourth-order valence-electron chi connectivity index (χ4n) is 1.97. The lowest BCUT2D eigenvalue weighted by atomic mass is 10.2. The monoisotopic (exact) mass is 337 g/mol. The van der Waals surface area contributed by atoms with E-state index in [-0.39, 0.29) is 10.6 Å². The SMILES string of the molecule is Cc1ccc(S(=O)(=O)N(CC(=O)NN)c2ccccc2F)cc1. The number of benzene rings is 2. The Bertz CT molecular complexity index is 807. The molecule has 0 spiro atoms. The van der Waals surface area contributed by atoms with E-state index in [0.29, 0.717) is 4.31 Å². The highest BCUT2D eigenvalue weighted by Gasteiger charge is 2.28. The van der Waals surface area contributed by atoms with E-state index in [1.807, 2.05) is 12.3 Å². The maximum atomic E-state index is 14.0. The number of anilines is 1. The van der Waals surface area contributed by atoms with E-state index in [4.69, 9.17) is 5.84 Å². The third-order valence-corrected chi connectivity index (χ3v) is 4.95. The minimum Gasteiger partial charge on any atom is -0.293 e. The lowest BCUT2D eigenvalue weighted by Gasteiger charge is -2.24. The van der Waals surface area contributed by atoms with Crippen molar-refractivity contribution in [2.45, 2.75) is 11.8 Å². The van der Waals surface area contributed by atoms with Crippen LogP contribution in [0.3, 0.4) is 0 Å². The molecule has 0 heterocycles. The summed E-state index contributed by atoms with van der Waals surface area (Å²) in [5.41, 5.74) is 2.50. The number of amides is 1. The van der Waals surface area contributed by atoms with Crippen molar-refractivity contribution >= 4 is 21.6 Å². The second-order valence-corrected chi connectivity index (χ2v) is 6.71. The molecule has 0 radical (unpaired) electrons. The van der Waals surface area contributed by atoms with Gasteiger partial charge in [-0.15, -0.1) is 0 Å². The fourth-order valence-corrected chi connectivity index (χ4v) is 3.40. The van der Waals surface area contributed by atoms with Gasteiger partial charge in [-0.25, -0.2) is 18.7 Å². The number of halogens is 1. The number of hydrogen-bond acceptors (Lipinski definition) is 4. The molecule has 0 saturated carbocycles. The van der Waals surface area contributed by atoms with Crippen LogP contribution in [0.5, 0.6) is 0 Å². The third kappa shape index (κ3) is 3.66. The van der Waals surface area contributed by atoms with E-state index < -0.39 is 28.3 Å². The molecule has 23 heavy (non-hydrogen) atoms. The zero-order chi connectivity index (χ0) is 17.0. The van der Waals surface area contributed by atoms with Gasteiger partial charge in [0.1, 0.15) is 12.4 Å². The van der Waals surface area contributed by atoms with Crippen molar-refractivity contribution in [3.63, 3.8) is 0 Å². The zero-order valence-corrected chi connectivity index (χ0v) is 13.2. The van der Waals surface area contributed by atoms with Crippen LogP contribution in [0.4, 0.5) is 10.1 Å². The van der Waals surface area contributed by atoms with E-state index in [2.05, 4.69) is 0 Å². The molecule has 0 aliphatic rings. The van der Waals surface area contributed by atoms with E-state index >= 15 is 0 Å². The number of aryl methyl sites for hydroxylation is 1. The molecule has 0 saturated heterocycles. The molecule has 1 amide bonds. The summed E-state index contributed by atoms with van der Waals surface area (Å²) in [5.74, 6) is 3.51. The second kappa shape index (κ2) is 6.76. The minimum absolute atomic E-state index is 0.0452.